The molecule has 0 bridgehead atoms. The average Bonchev–Trinajstić information content (AvgIpc) is 0.722. The number of hydrogen-bond donors (Lipinski definition) is 1. The molecule has 0 saturated carbocycles. The molecule has 0 fully saturated rings. The van der Waals surface area contributed by atoms with E-state index in [-0.39, 0.29) is 77.6 Å². The Labute approximate surface area is 104 Å². The summed E-state index contributed by atoms with van der Waals surface area (Å²) in [6, 6.07) is 0. The first-order valence-corrected chi connectivity index (χ1v) is 2.61. The summed E-state index contributed by atoms with van der Waals surface area (Å²) in [4.78, 5) is 0. The Hall–Kier alpha value is 2.10. The molecule has 0 atom stereocenters. The van der Waals surface area contributed by atoms with Crippen molar-refractivity contribution in [2.45, 2.75) is 0 Å². The van der Waals surface area contributed by atoms with Gasteiger partial charge in [0.2, 0.25) is 0 Å². The first-order valence-electron chi connectivity index (χ1n) is 0.632. The van der Waals surface area contributed by atoms with E-state index >= 15 is 0 Å². The molecule has 0 radical (unpaired) electrons. The zero-order valence-electron chi connectivity index (χ0n) is 4.87. The summed E-state index contributed by atoms with van der Waals surface area (Å²) in [6.07, 6.45) is 0. The molecule has 0 aliphatic carbocycles. The Balaban J connectivity index is -0.0000000133. The van der Waals surface area contributed by atoms with Crippen molar-refractivity contribution in [3.05, 3.63) is 0 Å². The van der Waals surface area contributed by atoms with E-state index in [4.69, 9.17) is 15.7 Å². The van der Waals surface area contributed by atoms with Crippen LogP contribution in [0.3, 0.4) is 0 Å². The molecule has 0 spiro atoms. The third-order valence-corrected chi connectivity index (χ3v) is 0. The van der Waals surface area contributed by atoms with Crippen molar-refractivity contribution in [3.63, 3.8) is 0 Å². The van der Waals surface area contributed by atoms with Crippen molar-refractivity contribution in [1.82, 2.24) is 0 Å². The molecule has 0 amide bonds. The van der Waals surface area contributed by atoms with Crippen LogP contribution >= 0.6 is 24.8 Å². The van der Waals surface area contributed by atoms with Crippen LogP contribution in [0.2, 0.25) is 0 Å². The molecule has 0 heterocycles. The second-order valence-electron chi connectivity index (χ2n) is 0.396. The molecule has 50 valence electrons. The van der Waals surface area contributed by atoms with Crippen LogP contribution in [-0.4, -0.2) is 4.19 Å². The molecule has 0 aliphatic rings. The number of hydrogen-bond acceptors (Lipinski definition) is 3. The zero-order chi connectivity index (χ0) is 4.50. The molecule has 0 saturated heterocycles. The van der Waals surface area contributed by atoms with E-state index < -0.39 is 13.0 Å². The minimum atomic E-state index is -5.38. The van der Waals surface area contributed by atoms with Crippen LogP contribution in [0.15, 0.2) is 0 Å². The van der Waals surface area contributed by atoms with Crippen molar-refractivity contribution in [2.75, 3.05) is 0 Å². The summed E-state index contributed by atoms with van der Waals surface area (Å²) >= 11 is -5.38. The van der Waals surface area contributed by atoms with Crippen LogP contribution in [0, 0.1) is 0 Å². The summed E-state index contributed by atoms with van der Waals surface area (Å²) in [5.74, 6) is 0. The molecule has 0 aromatic rings. The molecule has 8 heteroatoms. The van der Waals surface area contributed by atoms with Crippen molar-refractivity contribution in [2.24, 2.45) is 0 Å². The van der Waals surface area contributed by atoms with Gasteiger partial charge in [0.05, 0.1) is 0 Å². The quantitative estimate of drug-likeness (QED) is 0.454. The predicted octanol–water partition coefficient (Wildman–Crippen LogP) is -2.96. The second-order valence-corrected chi connectivity index (χ2v) is 1.63. The van der Waals surface area contributed by atoms with Gasteiger partial charge in [-0.3, -0.25) is 0 Å². The van der Waals surface area contributed by atoms with Gasteiger partial charge in [0, 0.05) is 0 Å². The van der Waals surface area contributed by atoms with Gasteiger partial charge in [-0.2, -0.15) is 0 Å². The molecule has 0 rings (SSSR count). The zero-order valence-corrected chi connectivity index (χ0v) is 9.80. The SMILES string of the molecule is Cl.Cl.[H-].[K+].[O]=[Mn](=[O])(=[O])[OH]. The summed E-state index contributed by atoms with van der Waals surface area (Å²) in [5, 5.41) is 0. The Bertz CT molecular complexity index is 140. The van der Waals surface area contributed by atoms with Crippen molar-refractivity contribution < 1.29 is 81.5 Å². The maximum absolute atomic E-state index is 8.69. The fraction of sp³-hybridized carbons (Fsp3) is 0. The van der Waals surface area contributed by atoms with Crippen LogP contribution < -0.4 is 51.4 Å². The van der Waals surface area contributed by atoms with E-state index in [1.807, 2.05) is 0 Å². The normalized spacial score (nSPS) is 7.12. The number of rotatable bonds is 0. The Morgan fingerprint density at radius 2 is 1.12 bits per heavy atom. The van der Waals surface area contributed by atoms with Crippen molar-refractivity contribution >= 4 is 24.8 Å². The molecule has 1 N–H and O–H groups in total. The van der Waals surface area contributed by atoms with Gasteiger partial charge in [-0.25, -0.2) is 0 Å². The predicted molar refractivity (Wildman–Crippen MR) is 19.9 cm³/mol. The standard InChI is InChI=1S/2ClH.K.Mn.H2O.3O.H/h2*1H;;;1H2;;;;/q;;2*+1;;;;;-1/p-1. The van der Waals surface area contributed by atoms with Crippen LogP contribution in [0.1, 0.15) is 1.43 Å². The Morgan fingerprint density at radius 3 is 1.12 bits per heavy atom. The van der Waals surface area contributed by atoms with E-state index in [1.165, 1.54) is 0 Å². The molecule has 0 aromatic heterocycles. The molecular weight excluding hydrogens is 229 g/mol. The Kier molecular flexibility index (Phi) is 25.6. The van der Waals surface area contributed by atoms with Gasteiger partial charge < -0.3 is 1.43 Å². The van der Waals surface area contributed by atoms with E-state index in [0.717, 1.165) is 0 Å². The van der Waals surface area contributed by atoms with Crippen LogP contribution in [0.4, 0.5) is 0 Å². The first-order chi connectivity index (χ1) is 2.00. The molecule has 0 unspecified atom stereocenters. The molecule has 0 aliphatic heterocycles. The van der Waals surface area contributed by atoms with Gasteiger partial charge in [0.25, 0.3) is 0 Å². The second kappa shape index (κ2) is 9.10. The van der Waals surface area contributed by atoms with Gasteiger partial charge in [-0.05, 0) is 0 Å². The van der Waals surface area contributed by atoms with Gasteiger partial charge in [0.15, 0.2) is 0 Å². The monoisotopic (exact) mass is 232 g/mol. The van der Waals surface area contributed by atoms with Crippen molar-refractivity contribution in [1.29, 1.82) is 0 Å². The van der Waals surface area contributed by atoms with Gasteiger partial charge in [-0.1, -0.05) is 0 Å². The summed E-state index contributed by atoms with van der Waals surface area (Å²) in [7, 11) is 0. The summed E-state index contributed by atoms with van der Waals surface area (Å²) in [6.45, 7) is 0. The number of halogens is 2. The van der Waals surface area contributed by atoms with E-state index in [2.05, 4.69) is 0 Å². The third kappa shape index (κ3) is 92.8. The van der Waals surface area contributed by atoms with Gasteiger partial charge >= 0.3 is 80.0 Å². The summed E-state index contributed by atoms with van der Waals surface area (Å²) < 4.78 is 33.1. The Morgan fingerprint density at radius 1 is 1.12 bits per heavy atom. The van der Waals surface area contributed by atoms with E-state index in [0.29, 0.717) is 0 Å². The average molecular weight is 233 g/mol. The first kappa shape index (κ1) is 22.5. The van der Waals surface area contributed by atoms with Crippen molar-refractivity contribution in [3.8, 4) is 0 Å². The van der Waals surface area contributed by atoms with Crippen LogP contribution in [-0.2, 0) is 24.5 Å². The van der Waals surface area contributed by atoms with E-state index in [1.54, 1.807) is 0 Å². The molecule has 8 heavy (non-hydrogen) atoms. The van der Waals surface area contributed by atoms with Crippen LogP contribution in [0.25, 0.3) is 0 Å². The fourth-order valence-electron chi connectivity index (χ4n) is 0. The minimum absolute atomic E-state index is 0. The van der Waals surface area contributed by atoms with Gasteiger partial charge in [0.1, 0.15) is 0 Å². The van der Waals surface area contributed by atoms with Crippen LogP contribution in [0.5, 0.6) is 0 Å². The fourth-order valence-corrected chi connectivity index (χ4v) is 0. The maximum atomic E-state index is 8.69. The third-order valence-electron chi connectivity index (χ3n) is 0. The van der Waals surface area contributed by atoms with E-state index in [9.17, 15) is 0 Å². The summed E-state index contributed by atoms with van der Waals surface area (Å²) in [5.41, 5.74) is 0. The topological polar surface area (TPSA) is 71.4 Å². The van der Waals surface area contributed by atoms with Gasteiger partial charge in [-0.15, -0.1) is 24.8 Å². The molecule has 0 aromatic carbocycles. The molecule has 4 nitrogen and oxygen atoms in total. The molecular formula is H4Cl2KMnO4.